The Balaban J connectivity index is 2.79. The highest BCUT2D eigenvalue weighted by molar-refractivity contribution is 14.1. The molecule has 0 unspecified atom stereocenters. The first-order chi connectivity index (χ1) is 6.77. The molecule has 0 atom stereocenters. The molecule has 0 amide bonds. The second-order valence-electron chi connectivity index (χ2n) is 2.94. The number of aliphatic hydroxyl groups is 1. The Bertz CT molecular complexity index is 466. The molecule has 2 aromatic rings. The molecule has 1 aromatic carbocycles. The summed E-state index contributed by atoms with van der Waals surface area (Å²) in [6.45, 7) is 0.121. The van der Waals surface area contributed by atoms with Crippen LogP contribution < -0.4 is 0 Å². The van der Waals surface area contributed by atoms with Crippen molar-refractivity contribution in [1.82, 2.24) is 0 Å². The number of halogens is 2. The predicted molar refractivity (Wildman–Crippen MR) is 73.1 cm³/mol. The highest BCUT2D eigenvalue weighted by atomic mass is 127. The smallest absolute Gasteiger partial charge is 0.0706 e. The van der Waals surface area contributed by atoms with Crippen molar-refractivity contribution in [3.05, 3.63) is 32.2 Å². The normalized spacial score (nSPS) is 11.1. The molecule has 1 aromatic heterocycles. The molecular weight excluding hydrogens is 375 g/mol. The summed E-state index contributed by atoms with van der Waals surface area (Å²) in [6.07, 6.45) is 0. The van der Waals surface area contributed by atoms with Crippen LogP contribution in [0, 0.1) is 2.88 Å². The number of fused-ring (bicyclic) bond motifs is 1. The zero-order valence-electron chi connectivity index (χ0n) is 7.26. The predicted octanol–water partition coefficient (Wildman–Crippen LogP) is 3.89. The van der Waals surface area contributed by atoms with E-state index in [9.17, 15) is 5.11 Å². The summed E-state index contributed by atoms with van der Waals surface area (Å²) in [5.74, 6) is 0. The number of hydrogen-bond acceptors (Lipinski definition) is 2. The van der Waals surface area contributed by atoms with E-state index in [1.807, 2.05) is 12.1 Å². The Morgan fingerprint density at radius 2 is 2.21 bits per heavy atom. The molecule has 0 aliphatic carbocycles. The van der Waals surface area contributed by atoms with Crippen LogP contribution in [0.3, 0.4) is 0 Å². The molecule has 74 valence electrons. The maximum Gasteiger partial charge on any atom is 0.0706 e. The van der Waals surface area contributed by atoms with E-state index < -0.39 is 0 Å². The number of benzene rings is 1. The van der Waals surface area contributed by atoms with Crippen molar-refractivity contribution in [3.8, 4) is 0 Å². The summed E-state index contributed by atoms with van der Waals surface area (Å²) in [5, 5.41) is 11.3. The summed E-state index contributed by atoms with van der Waals surface area (Å²) < 4.78 is 2.52. The van der Waals surface area contributed by atoms with Crippen molar-refractivity contribution in [2.24, 2.45) is 0 Å². The van der Waals surface area contributed by atoms with Gasteiger partial charge in [0.15, 0.2) is 0 Å². The molecule has 0 saturated heterocycles. The molecule has 1 heterocycles. The van der Waals surface area contributed by atoms with Crippen molar-refractivity contribution >= 4 is 59.9 Å². The number of alkyl halides is 1. The van der Waals surface area contributed by atoms with Crippen LogP contribution in [-0.4, -0.2) is 5.11 Å². The molecule has 1 N–H and O–H groups in total. The number of hydrogen-bond donors (Lipinski definition) is 1. The first kappa shape index (κ1) is 10.9. The minimum atomic E-state index is 0.121. The molecular formula is C10H8BrIOS. The lowest BCUT2D eigenvalue weighted by Crippen LogP contribution is -1.82. The number of rotatable bonds is 2. The fraction of sp³-hybridized carbons (Fsp3) is 0.200. The van der Waals surface area contributed by atoms with Crippen LogP contribution in [0.1, 0.15) is 11.1 Å². The van der Waals surface area contributed by atoms with Crippen molar-refractivity contribution < 1.29 is 5.11 Å². The quantitative estimate of drug-likeness (QED) is 0.617. The van der Waals surface area contributed by atoms with Gasteiger partial charge in [0.2, 0.25) is 0 Å². The molecule has 0 saturated carbocycles. The standard InChI is InChI=1S/C10H8BrIOS/c11-4-8-7-3-1-2-6(5-13)9(7)14-10(8)12/h1-3,13H,4-5H2. The molecule has 0 aliphatic heterocycles. The maximum atomic E-state index is 9.20. The average molecular weight is 383 g/mol. The molecule has 0 fully saturated rings. The van der Waals surface area contributed by atoms with Crippen LogP contribution in [-0.2, 0) is 11.9 Å². The summed E-state index contributed by atoms with van der Waals surface area (Å²) in [6, 6.07) is 6.10. The monoisotopic (exact) mass is 382 g/mol. The lowest BCUT2D eigenvalue weighted by atomic mass is 10.1. The van der Waals surface area contributed by atoms with E-state index in [0.717, 1.165) is 10.9 Å². The highest BCUT2D eigenvalue weighted by Gasteiger charge is 2.10. The molecule has 4 heteroatoms. The SMILES string of the molecule is OCc1cccc2c(CBr)c(I)sc12. The van der Waals surface area contributed by atoms with Crippen molar-refractivity contribution in [2.75, 3.05) is 0 Å². The topological polar surface area (TPSA) is 20.2 Å². The molecule has 0 bridgehead atoms. The molecule has 2 rings (SSSR count). The van der Waals surface area contributed by atoms with Crippen LogP contribution in [0.2, 0.25) is 0 Å². The van der Waals surface area contributed by atoms with Gasteiger partial charge in [-0.05, 0) is 39.1 Å². The summed E-state index contributed by atoms with van der Waals surface area (Å²) in [4.78, 5) is 0. The van der Waals surface area contributed by atoms with Gasteiger partial charge in [-0.3, -0.25) is 0 Å². The van der Waals surface area contributed by atoms with Gasteiger partial charge in [0.25, 0.3) is 0 Å². The van der Waals surface area contributed by atoms with E-state index in [0.29, 0.717) is 0 Å². The lowest BCUT2D eigenvalue weighted by Gasteiger charge is -1.98. The number of aliphatic hydroxyl groups excluding tert-OH is 1. The number of thiophene rings is 1. The van der Waals surface area contributed by atoms with Crippen molar-refractivity contribution in [1.29, 1.82) is 0 Å². The van der Waals surface area contributed by atoms with E-state index in [1.165, 1.54) is 18.5 Å². The van der Waals surface area contributed by atoms with Crippen LogP contribution in [0.15, 0.2) is 18.2 Å². The van der Waals surface area contributed by atoms with Crippen molar-refractivity contribution in [2.45, 2.75) is 11.9 Å². The van der Waals surface area contributed by atoms with Crippen LogP contribution >= 0.6 is 49.9 Å². The van der Waals surface area contributed by atoms with Crippen LogP contribution in [0.4, 0.5) is 0 Å². The third-order valence-corrected chi connectivity index (χ3v) is 5.14. The van der Waals surface area contributed by atoms with Gasteiger partial charge in [-0.1, -0.05) is 34.1 Å². The van der Waals surface area contributed by atoms with Gasteiger partial charge in [-0.15, -0.1) is 11.3 Å². The van der Waals surface area contributed by atoms with Gasteiger partial charge in [0, 0.05) is 10.0 Å². The minimum absolute atomic E-state index is 0.121. The second kappa shape index (κ2) is 4.47. The molecule has 0 radical (unpaired) electrons. The van der Waals surface area contributed by atoms with Gasteiger partial charge in [0.1, 0.15) is 0 Å². The van der Waals surface area contributed by atoms with E-state index in [4.69, 9.17) is 0 Å². The average Bonchev–Trinajstić information content (AvgIpc) is 2.52. The van der Waals surface area contributed by atoms with E-state index in [1.54, 1.807) is 11.3 Å². The Morgan fingerprint density at radius 1 is 1.43 bits per heavy atom. The molecule has 0 aliphatic rings. The zero-order chi connectivity index (χ0) is 10.1. The van der Waals surface area contributed by atoms with E-state index in [2.05, 4.69) is 44.6 Å². The first-order valence-electron chi connectivity index (χ1n) is 4.13. The minimum Gasteiger partial charge on any atom is -0.392 e. The third-order valence-electron chi connectivity index (χ3n) is 2.15. The molecule has 14 heavy (non-hydrogen) atoms. The fourth-order valence-electron chi connectivity index (χ4n) is 1.45. The summed E-state index contributed by atoms with van der Waals surface area (Å²) in [7, 11) is 0. The van der Waals surface area contributed by atoms with Crippen molar-refractivity contribution in [3.63, 3.8) is 0 Å². The summed E-state index contributed by atoms with van der Waals surface area (Å²) >= 11 is 7.60. The maximum absolute atomic E-state index is 9.20. The van der Waals surface area contributed by atoms with E-state index in [-0.39, 0.29) is 6.61 Å². The van der Waals surface area contributed by atoms with E-state index >= 15 is 0 Å². The fourth-order valence-corrected chi connectivity index (χ4v) is 4.93. The van der Waals surface area contributed by atoms with Crippen LogP contribution in [0.5, 0.6) is 0 Å². The zero-order valence-corrected chi connectivity index (χ0v) is 11.8. The van der Waals surface area contributed by atoms with Crippen LogP contribution in [0.25, 0.3) is 10.1 Å². The lowest BCUT2D eigenvalue weighted by molar-refractivity contribution is 0.283. The van der Waals surface area contributed by atoms with Gasteiger partial charge in [-0.25, -0.2) is 0 Å². The molecule has 1 nitrogen and oxygen atoms in total. The van der Waals surface area contributed by atoms with Gasteiger partial charge >= 0.3 is 0 Å². The van der Waals surface area contributed by atoms with Gasteiger partial charge < -0.3 is 5.11 Å². The molecule has 0 spiro atoms. The summed E-state index contributed by atoms with van der Waals surface area (Å²) in [5.41, 5.74) is 2.36. The van der Waals surface area contributed by atoms with Gasteiger partial charge in [-0.2, -0.15) is 0 Å². The Hall–Kier alpha value is 0.350. The first-order valence-corrected chi connectivity index (χ1v) is 7.15. The third kappa shape index (κ3) is 1.73. The Labute approximate surface area is 108 Å². The van der Waals surface area contributed by atoms with Gasteiger partial charge in [0.05, 0.1) is 9.49 Å². The Kier molecular flexibility index (Phi) is 3.46. The largest absolute Gasteiger partial charge is 0.392 e. The Morgan fingerprint density at radius 3 is 2.86 bits per heavy atom. The second-order valence-corrected chi connectivity index (χ2v) is 6.33. The highest BCUT2D eigenvalue weighted by Crippen LogP contribution is 2.35.